The van der Waals surface area contributed by atoms with Crippen LogP contribution in [0.15, 0.2) is 48.5 Å². The highest BCUT2D eigenvalue weighted by molar-refractivity contribution is 7.98. The minimum Gasteiger partial charge on any atom is -0.392 e. The van der Waals surface area contributed by atoms with Crippen LogP contribution >= 0.6 is 11.8 Å². The van der Waals surface area contributed by atoms with Crippen molar-refractivity contribution in [2.75, 3.05) is 23.9 Å². The van der Waals surface area contributed by atoms with Gasteiger partial charge in [-0.05, 0) is 53.7 Å². The van der Waals surface area contributed by atoms with Crippen LogP contribution in [0.25, 0.3) is 0 Å². The minimum absolute atomic E-state index is 0.0526. The predicted molar refractivity (Wildman–Crippen MR) is 102 cm³/mol. The lowest BCUT2D eigenvalue weighted by Gasteiger charge is -2.09. The smallest absolute Gasteiger partial charge is 0.319 e. The molecular formula is C19H24N2O2S. The number of rotatable bonds is 8. The molecule has 0 aliphatic carbocycles. The van der Waals surface area contributed by atoms with E-state index < -0.39 is 0 Å². The average molecular weight is 344 g/mol. The number of aryl methyl sites for hydroxylation is 1. The van der Waals surface area contributed by atoms with E-state index in [2.05, 4.69) is 29.0 Å². The summed E-state index contributed by atoms with van der Waals surface area (Å²) < 4.78 is 0. The number of thioether (sulfide) groups is 1. The quantitative estimate of drug-likeness (QED) is 0.687. The van der Waals surface area contributed by atoms with Crippen molar-refractivity contribution in [3.05, 3.63) is 65.2 Å². The molecule has 24 heavy (non-hydrogen) atoms. The molecule has 0 atom stereocenters. The van der Waals surface area contributed by atoms with E-state index in [0.29, 0.717) is 6.54 Å². The Morgan fingerprint density at radius 1 is 0.958 bits per heavy atom. The Kier molecular flexibility index (Phi) is 7.65. The molecular weight excluding hydrogens is 320 g/mol. The van der Waals surface area contributed by atoms with Crippen LogP contribution in [0.2, 0.25) is 0 Å². The molecule has 0 saturated carbocycles. The molecule has 0 spiro atoms. The Bertz CT molecular complexity index is 627. The Morgan fingerprint density at radius 3 is 2.17 bits per heavy atom. The standard InChI is InChI=1S/C19H24N2O2S/c1-24-13-11-16-6-8-18(9-7-16)21-19(23)20-12-10-15-2-4-17(14-22)5-3-15/h2-9,22H,10-14H2,1H3,(H2,20,21,23). The molecule has 5 heteroatoms. The lowest BCUT2D eigenvalue weighted by atomic mass is 10.1. The van der Waals surface area contributed by atoms with Crippen LogP contribution in [0.3, 0.4) is 0 Å². The van der Waals surface area contributed by atoms with Crippen molar-refractivity contribution in [3.63, 3.8) is 0 Å². The third-order valence-electron chi connectivity index (χ3n) is 3.71. The number of hydrogen-bond donors (Lipinski definition) is 3. The highest BCUT2D eigenvalue weighted by Crippen LogP contribution is 2.11. The highest BCUT2D eigenvalue weighted by Gasteiger charge is 2.02. The van der Waals surface area contributed by atoms with E-state index in [9.17, 15) is 4.79 Å². The van der Waals surface area contributed by atoms with E-state index in [1.54, 1.807) is 0 Å². The van der Waals surface area contributed by atoms with Crippen LogP contribution in [-0.4, -0.2) is 29.7 Å². The first-order valence-corrected chi connectivity index (χ1v) is 9.42. The molecule has 128 valence electrons. The maximum atomic E-state index is 11.9. The van der Waals surface area contributed by atoms with Gasteiger partial charge in [0.1, 0.15) is 0 Å². The maximum absolute atomic E-state index is 11.9. The largest absolute Gasteiger partial charge is 0.392 e. The van der Waals surface area contributed by atoms with Crippen molar-refractivity contribution in [3.8, 4) is 0 Å². The van der Waals surface area contributed by atoms with E-state index in [0.717, 1.165) is 35.4 Å². The second-order valence-corrected chi connectivity index (χ2v) is 6.53. The van der Waals surface area contributed by atoms with Gasteiger partial charge in [-0.2, -0.15) is 11.8 Å². The number of carbonyl (C=O) groups is 1. The number of amides is 2. The Morgan fingerprint density at radius 2 is 1.54 bits per heavy atom. The van der Waals surface area contributed by atoms with Gasteiger partial charge >= 0.3 is 6.03 Å². The molecule has 0 unspecified atom stereocenters. The lowest BCUT2D eigenvalue weighted by molar-refractivity contribution is 0.252. The fraction of sp³-hybridized carbons (Fsp3) is 0.316. The molecule has 2 aromatic rings. The Balaban J connectivity index is 1.72. The average Bonchev–Trinajstić information content (AvgIpc) is 2.62. The zero-order valence-electron chi connectivity index (χ0n) is 13.9. The van der Waals surface area contributed by atoms with Crippen molar-refractivity contribution in [2.45, 2.75) is 19.4 Å². The van der Waals surface area contributed by atoms with Crippen molar-refractivity contribution < 1.29 is 9.90 Å². The molecule has 2 aromatic carbocycles. The number of anilines is 1. The number of carbonyl (C=O) groups excluding carboxylic acids is 1. The monoisotopic (exact) mass is 344 g/mol. The summed E-state index contributed by atoms with van der Waals surface area (Å²) in [6.07, 6.45) is 3.90. The first-order valence-electron chi connectivity index (χ1n) is 8.02. The molecule has 0 aromatic heterocycles. The zero-order valence-corrected chi connectivity index (χ0v) is 14.7. The van der Waals surface area contributed by atoms with E-state index in [-0.39, 0.29) is 12.6 Å². The SMILES string of the molecule is CSCCc1ccc(NC(=O)NCCc2ccc(CO)cc2)cc1. The first kappa shape index (κ1) is 18.4. The van der Waals surface area contributed by atoms with Gasteiger partial charge in [0, 0.05) is 12.2 Å². The summed E-state index contributed by atoms with van der Waals surface area (Å²) in [5.74, 6) is 1.10. The van der Waals surface area contributed by atoms with Crippen molar-refractivity contribution >= 4 is 23.5 Å². The summed E-state index contributed by atoms with van der Waals surface area (Å²) in [5, 5.41) is 14.7. The van der Waals surface area contributed by atoms with E-state index in [1.165, 1.54) is 5.56 Å². The van der Waals surface area contributed by atoms with Gasteiger partial charge in [-0.1, -0.05) is 36.4 Å². The molecule has 0 fully saturated rings. The fourth-order valence-electron chi connectivity index (χ4n) is 2.28. The van der Waals surface area contributed by atoms with E-state index >= 15 is 0 Å². The number of nitrogens with one attached hydrogen (secondary N) is 2. The van der Waals surface area contributed by atoms with E-state index in [4.69, 9.17) is 5.11 Å². The van der Waals surface area contributed by atoms with Gasteiger partial charge in [0.2, 0.25) is 0 Å². The molecule has 0 bridgehead atoms. The second-order valence-electron chi connectivity index (χ2n) is 5.55. The highest BCUT2D eigenvalue weighted by atomic mass is 32.2. The van der Waals surface area contributed by atoms with Crippen LogP contribution in [0, 0.1) is 0 Å². The van der Waals surface area contributed by atoms with Crippen molar-refractivity contribution in [1.82, 2.24) is 5.32 Å². The molecule has 2 rings (SSSR count). The molecule has 3 N–H and O–H groups in total. The number of hydrogen-bond acceptors (Lipinski definition) is 3. The number of urea groups is 1. The van der Waals surface area contributed by atoms with Gasteiger partial charge in [-0.15, -0.1) is 0 Å². The Labute approximate surface area is 147 Å². The molecule has 4 nitrogen and oxygen atoms in total. The minimum atomic E-state index is -0.196. The summed E-state index contributed by atoms with van der Waals surface area (Å²) >= 11 is 1.83. The summed E-state index contributed by atoms with van der Waals surface area (Å²) in [5.41, 5.74) is 4.10. The summed E-state index contributed by atoms with van der Waals surface area (Å²) in [6.45, 7) is 0.618. The summed E-state index contributed by atoms with van der Waals surface area (Å²) in [4.78, 5) is 11.9. The summed E-state index contributed by atoms with van der Waals surface area (Å²) in [6, 6.07) is 15.5. The van der Waals surface area contributed by atoms with Crippen LogP contribution in [0.5, 0.6) is 0 Å². The van der Waals surface area contributed by atoms with Crippen LogP contribution in [0.4, 0.5) is 10.5 Å². The Hall–Kier alpha value is -1.98. The topological polar surface area (TPSA) is 61.4 Å². The first-order chi connectivity index (χ1) is 11.7. The van der Waals surface area contributed by atoms with Crippen molar-refractivity contribution in [2.24, 2.45) is 0 Å². The number of benzene rings is 2. The van der Waals surface area contributed by atoms with Crippen LogP contribution < -0.4 is 10.6 Å². The molecule has 0 aliphatic rings. The third kappa shape index (κ3) is 6.26. The van der Waals surface area contributed by atoms with Crippen LogP contribution in [-0.2, 0) is 19.4 Å². The number of aliphatic hydroxyl groups is 1. The molecule has 2 amide bonds. The molecule has 0 saturated heterocycles. The third-order valence-corrected chi connectivity index (χ3v) is 4.32. The molecule has 0 heterocycles. The molecule has 0 radical (unpaired) electrons. The van der Waals surface area contributed by atoms with Gasteiger partial charge in [0.15, 0.2) is 0 Å². The van der Waals surface area contributed by atoms with Crippen molar-refractivity contribution in [1.29, 1.82) is 0 Å². The zero-order chi connectivity index (χ0) is 17.2. The normalized spacial score (nSPS) is 10.4. The van der Waals surface area contributed by atoms with Gasteiger partial charge in [-0.25, -0.2) is 4.79 Å². The maximum Gasteiger partial charge on any atom is 0.319 e. The second kappa shape index (κ2) is 10.0. The number of aliphatic hydroxyl groups excluding tert-OH is 1. The van der Waals surface area contributed by atoms with Gasteiger partial charge in [0.25, 0.3) is 0 Å². The summed E-state index contributed by atoms with van der Waals surface area (Å²) in [7, 11) is 0. The molecule has 0 aliphatic heterocycles. The van der Waals surface area contributed by atoms with Gasteiger partial charge in [-0.3, -0.25) is 0 Å². The predicted octanol–water partition coefficient (Wildman–Crippen LogP) is 3.45. The van der Waals surface area contributed by atoms with Gasteiger partial charge < -0.3 is 15.7 Å². The fourth-order valence-corrected chi connectivity index (χ4v) is 2.72. The lowest BCUT2D eigenvalue weighted by Crippen LogP contribution is -2.30. The van der Waals surface area contributed by atoms with Crippen LogP contribution in [0.1, 0.15) is 16.7 Å². The van der Waals surface area contributed by atoms with Gasteiger partial charge in [0.05, 0.1) is 6.61 Å². The van der Waals surface area contributed by atoms with E-state index in [1.807, 2.05) is 48.2 Å².